The molecule has 2 fully saturated rings. The zero-order valence-electron chi connectivity index (χ0n) is 21.2. The average molecular weight is 507 g/mol. The highest BCUT2D eigenvalue weighted by molar-refractivity contribution is 5.15. The number of rotatable bonds is 11. The Hall–Kier alpha value is -2.62. The molecule has 7 nitrogen and oxygen atoms in total. The van der Waals surface area contributed by atoms with Crippen LogP contribution < -0.4 is 0 Å². The Morgan fingerprint density at radius 1 is 0.676 bits per heavy atom. The van der Waals surface area contributed by atoms with E-state index in [1.807, 2.05) is 91.0 Å². The predicted molar refractivity (Wildman–Crippen MR) is 136 cm³/mol. The van der Waals surface area contributed by atoms with E-state index in [-0.39, 0.29) is 0 Å². The van der Waals surface area contributed by atoms with Crippen molar-refractivity contribution in [3.05, 3.63) is 108 Å². The van der Waals surface area contributed by atoms with Gasteiger partial charge < -0.3 is 28.4 Å². The van der Waals surface area contributed by atoms with E-state index in [1.165, 1.54) is 0 Å². The molecule has 0 radical (unpaired) electrons. The molecular formula is C30H34O7. The first kappa shape index (κ1) is 26.0. The third-order valence-electron chi connectivity index (χ3n) is 6.61. The van der Waals surface area contributed by atoms with E-state index in [0.29, 0.717) is 26.4 Å². The molecule has 0 aliphatic carbocycles. The van der Waals surface area contributed by atoms with Gasteiger partial charge in [0.25, 0.3) is 5.97 Å². The molecule has 5 rings (SSSR count). The normalized spacial score (nSPS) is 29.2. The summed E-state index contributed by atoms with van der Waals surface area (Å²) in [7, 11) is 1.54. The Bertz CT molecular complexity index is 1080. The van der Waals surface area contributed by atoms with Crippen molar-refractivity contribution in [3.8, 4) is 0 Å². The molecule has 196 valence electrons. The summed E-state index contributed by atoms with van der Waals surface area (Å²) in [5.74, 6) is -1.24. The molecule has 7 heteroatoms. The molecule has 2 saturated heterocycles. The van der Waals surface area contributed by atoms with Crippen LogP contribution in [0.3, 0.4) is 0 Å². The smallest absolute Gasteiger partial charge is 0.282 e. The first-order valence-electron chi connectivity index (χ1n) is 12.6. The standard InChI is InChI=1S/C30H34O7/c1-30(31-2)36-28-27(34-20-24-16-10-5-11-17-24)26(33-19-23-14-8-4-9-15-23)25(35-29(28)37-30)21-32-18-22-12-6-3-7-13-22/h3-17,25-29H,18-21H2,1-2H3/t25-,26+,27+,28-,29-,30?/m1/s1. The van der Waals surface area contributed by atoms with Gasteiger partial charge in [-0.3, -0.25) is 4.74 Å². The second-order valence-corrected chi connectivity index (χ2v) is 9.33. The number of methoxy groups -OCH3 is 1. The summed E-state index contributed by atoms with van der Waals surface area (Å²) in [4.78, 5) is 0. The van der Waals surface area contributed by atoms with E-state index in [9.17, 15) is 0 Å². The highest BCUT2D eigenvalue weighted by atomic mass is 16.9. The Kier molecular flexibility index (Phi) is 8.63. The summed E-state index contributed by atoms with van der Waals surface area (Å²) < 4.78 is 43.2. The lowest BCUT2D eigenvalue weighted by Gasteiger charge is -2.42. The van der Waals surface area contributed by atoms with Crippen LogP contribution in [0.25, 0.3) is 0 Å². The van der Waals surface area contributed by atoms with Crippen LogP contribution in [0.1, 0.15) is 23.6 Å². The van der Waals surface area contributed by atoms with Crippen molar-refractivity contribution in [3.63, 3.8) is 0 Å². The van der Waals surface area contributed by atoms with Crippen LogP contribution in [0.2, 0.25) is 0 Å². The van der Waals surface area contributed by atoms with Crippen LogP contribution in [-0.2, 0) is 53.0 Å². The Morgan fingerprint density at radius 3 is 1.73 bits per heavy atom. The summed E-state index contributed by atoms with van der Waals surface area (Å²) in [5, 5.41) is 0. The molecule has 3 aromatic rings. The quantitative estimate of drug-likeness (QED) is 0.369. The van der Waals surface area contributed by atoms with E-state index in [0.717, 1.165) is 16.7 Å². The number of benzene rings is 3. The molecule has 0 saturated carbocycles. The second kappa shape index (κ2) is 12.3. The van der Waals surface area contributed by atoms with Crippen molar-refractivity contribution in [2.75, 3.05) is 13.7 Å². The molecule has 0 bridgehead atoms. The van der Waals surface area contributed by atoms with Gasteiger partial charge in [0.05, 0.1) is 26.4 Å². The van der Waals surface area contributed by atoms with E-state index >= 15 is 0 Å². The van der Waals surface area contributed by atoms with E-state index in [2.05, 4.69) is 0 Å². The van der Waals surface area contributed by atoms with Crippen LogP contribution in [0.5, 0.6) is 0 Å². The van der Waals surface area contributed by atoms with Gasteiger partial charge >= 0.3 is 0 Å². The molecule has 2 aliphatic heterocycles. The van der Waals surface area contributed by atoms with Crippen LogP contribution in [0, 0.1) is 0 Å². The molecule has 0 aromatic heterocycles. The average Bonchev–Trinajstić information content (AvgIpc) is 3.29. The molecule has 6 atom stereocenters. The van der Waals surface area contributed by atoms with Crippen LogP contribution in [0.15, 0.2) is 91.0 Å². The van der Waals surface area contributed by atoms with E-state index < -0.39 is 36.7 Å². The lowest BCUT2D eigenvalue weighted by atomic mass is 9.98. The van der Waals surface area contributed by atoms with Gasteiger partial charge in [0.15, 0.2) is 6.29 Å². The molecular weight excluding hydrogens is 472 g/mol. The highest BCUT2D eigenvalue weighted by Gasteiger charge is 2.57. The van der Waals surface area contributed by atoms with Gasteiger partial charge in [-0.05, 0) is 16.7 Å². The second-order valence-electron chi connectivity index (χ2n) is 9.33. The van der Waals surface area contributed by atoms with Gasteiger partial charge in [-0.15, -0.1) is 0 Å². The predicted octanol–water partition coefficient (Wildman–Crippen LogP) is 4.83. The van der Waals surface area contributed by atoms with Crippen molar-refractivity contribution in [2.24, 2.45) is 0 Å². The summed E-state index contributed by atoms with van der Waals surface area (Å²) in [5.41, 5.74) is 3.19. The fourth-order valence-electron chi connectivity index (χ4n) is 4.61. The lowest BCUT2D eigenvalue weighted by molar-refractivity contribution is -0.334. The number of fused-ring (bicyclic) bond motifs is 1. The van der Waals surface area contributed by atoms with Crippen molar-refractivity contribution >= 4 is 0 Å². The van der Waals surface area contributed by atoms with Gasteiger partial charge in [-0.2, -0.15) is 0 Å². The molecule has 3 aromatic carbocycles. The maximum atomic E-state index is 6.50. The largest absolute Gasteiger partial charge is 0.374 e. The first-order valence-corrected chi connectivity index (χ1v) is 12.6. The molecule has 0 N–H and O–H groups in total. The summed E-state index contributed by atoms with van der Waals surface area (Å²) >= 11 is 0. The van der Waals surface area contributed by atoms with Crippen molar-refractivity contribution in [1.82, 2.24) is 0 Å². The van der Waals surface area contributed by atoms with Crippen LogP contribution in [0.4, 0.5) is 0 Å². The monoisotopic (exact) mass is 506 g/mol. The first-order chi connectivity index (χ1) is 18.1. The van der Waals surface area contributed by atoms with Gasteiger partial charge in [0.2, 0.25) is 0 Å². The summed E-state index contributed by atoms with van der Waals surface area (Å²) in [6.07, 6.45) is -2.63. The van der Waals surface area contributed by atoms with Crippen LogP contribution in [-0.4, -0.2) is 50.4 Å². The summed E-state index contributed by atoms with van der Waals surface area (Å²) in [6.45, 7) is 3.28. The third kappa shape index (κ3) is 6.64. The van der Waals surface area contributed by atoms with Gasteiger partial charge in [0, 0.05) is 14.0 Å². The highest BCUT2D eigenvalue weighted by Crippen LogP contribution is 2.39. The van der Waals surface area contributed by atoms with Gasteiger partial charge in [0.1, 0.15) is 24.4 Å². The Balaban J connectivity index is 1.36. The van der Waals surface area contributed by atoms with Crippen molar-refractivity contribution < 1.29 is 33.2 Å². The molecule has 37 heavy (non-hydrogen) atoms. The topological polar surface area (TPSA) is 64.6 Å². The Morgan fingerprint density at radius 2 is 1.19 bits per heavy atom. The molecule has 0 spiro atoms. The maximum absolute atomic E-state index is 6.50. The van der Waals surface area contributed by atoms with E-state index in [4.69, 9.17) is 33.2 Å². The maximum Gasteiger partial charge on any atom is 0.282 e. The molecule has 2 heterocycles. The molecule has 1 unspecified atom stereocenters. The number of ether oxygens (including phenoxy) is 7. The molecule has 2 aliphatic rings. The SMILES string of the molecule is COC1(C)O[C@H]2O[C@H](COCc3ccccc3)[C@H](OCc3ccccc3)[C@H](OCc3ccccc3)[C@H]2O1. The van der Waals surface area contributed by atoms with Gasteiger partial charge in [-0.1, -0.05) is 91.0 Å². The third-order valence-corrected chi connectivity index (χ3v) is 6.61. The minimum Gasteiger partial charge on any atom is -0.374 e. The fraction of sp³-hybridized carbons (Fsp3) is 0.400. The van der Waals surface area contributed by atoms with Gasteiger partial charge in [-0.25, -0.2) is 0 Å². The number of hydrogen-bond donors (Lipinski definition) is 0. The fourth-order valence-corrected chi connectivity index (χ4v) is 4.61. The minimum atomic E-state index is -1.24. The Labute approximate surface area is 218 Å². The zero-order valence-corrected chi connectivity index (χ0v) is 21.2. The zero-order chi connectivity index (χ0) is 25.5. The molecule has 0 amide bonds. The minimum absolute atomic E-state index is 0.301. The van der Waals surface area contributed by atoms with Crippen molar-refractivity contribution in [2.45, 2.75) is 63.4 Å². The van der Waals surface area contributed by atoms with Crippen LogP contribution >= 0.6 is 0 Å². The number of hydrogen-bond acceptors (Lipinski definition) is 7. The van der Waals surface area contributed by atoms with Crippen molar-refractivity contribution in [1.29, 1.82) is 0 Å². The van der Waals surface area contributed by atoms with E-state index in [1.54, 1.807) is 14.0 Å². The summed E-state index contributed by atoms with van der Waals surface area (Å²) in [6, 6.07) is 30.1. The lowest BCUT2D eigenvalue weighted by Crippen LogP contribution is -2.59.